The van der Waals surface area contributed by atoms with Gasteiger partial charge in [0.15, 0.2) is 11.6 Å². The zero-order valence-corrected chi connectivity index (χ0v) is 25.4. The van der Waals surface area contributed by atoms with Gasteiger partial charge in [-0.25, -0.2) is 30.4 Å². The zero-order valence-electron chi connectivity index (χ0n) is 25.4. The molecule has 0 aromatic carbocycles. The Morgan fingerprint density at radius 1 is 1.07 bits per heavy atom. The highest BCUT2D eigenvalue weighted by Crippen LogP contribution is 2.18. The number of nitriles is 2. The highest BCUT2D eigenvalue weighted by Gasteiger charge is 2.21. The molecule has 1 aliphatic rings. The number of nitrogens with zero attached hydrogens (tertiary/aromatic N) is 8. The van der Waals surface area contributed by atoms with E-state index in [2.05, 4.69) is 41.4 Å². The first-order chi connectivity index (χ1) is 21.2. The minimum Gasteiger partial charge on any atom is -0.448 e. The van der Waals surface area contributed by atoms with Crippen molar-refractivity contribution < 1.29 is 14.3 Å². The Balaban J connectivity index is 1.76. The number of rotatable bonds is 14. The lowest BCUT2D eigenvalue weighted by Crippen LogP contribution is -2.50. The normalized spacial score (nSPS) is 13.7. The number of hydrazine groups is 2. The second-order valence-corrected chi connectivity index (χ2v) is 11.0. The van der Waals surface area contributed by atoms with Crippen molar-refractivity contribution >= 4 is 23.8 Å². The van der Waals surface area contributed by atoms with Crippen LogP contribution >= 0.6 is 0 Å². The number of aromatic nitrogens is 4. The van der Waals surface area contributed by atoms with Crippen LogP contribution in [0.3, 0.4) is 0 Å². The van der Waals surface area contributed by atoms with Crippen LogP contribution in [-0.4, -0.2) is 77.9 Å². The summed E-state index contributed by atoms with van der Waals surface area (Å²) in [5, 5.41) is 28.0. The largest absolute Gasteiger partial charge is 0.448 e. The first-order valence-electron chi connectivity index (χ1n) is 14.7. The summed E-state index contributed by atoms with van der Waals surface area (Å²) in [5.41, 5.74) is 11.6. The molecule has 1 fully saturated rings. The Morgan fingerprint density at radius 2 is 1.77 bits per heavy atom. The van der Waals surface area contributed by atoms with E-state index < -0.39 is 12.1 Å². The van der Waals surface area contributed by atoms with E-state index in [4.69, 9.17) is 10.5 Å². The Labute approximate surface area is 257 Å². The number of amides is 3. The minimum absolute atomic E-state index is 0.0459. The summed E-state index contributed by atoms with van der Waals surface area (Å²) in [5.74, 6) is 0.913. The molecule has 236 valence electrons. The van der Waals surface area contributed by atoms with Gasteiger partial charge in [-0.1, -0.05) is 20.8 Å². The van der Waals surface area contributed by atoms with Crippen molar-refractivity contribution in [2.45, 2.75) is 40.0 Å². The summed E-state index contributed by atoms with van der Waals surface area (Å²) in [7, 11) is 0. The molecule has 0 bridgehead atoms. The van der Waals surface area contributed by atoms with Crippen LogP contribution in [0, 0.1) is 40.4 Å². The molecule has 16 heteroatoms. The fourth-order valence-corrected chi connectivity index (χ4v) is 4.55. The van der Waals surface area contributed by atoms with Crippen molar-refractivity contribution in [2.24, 2.45) is 23.5 Å². The average molecular weight is 608 g/mol. The Bertz CT molecular complexity index is 1320. The number of nitrogens with one attached hydrogen (secondary N) is 4. The lowest BCUT2D eigenvalue weighted by atomic mass is 9.99. The van der Waals surface area contributed by atoms with E-state index in [9.17, 15) is 20.1 Å². The van der Waals surface area contributed by atoms with E-state index >= 15 is 0 Å². The molecule has 1 unspecified atom stereocenters. The second kappa shape index (κ2) is 17.3. The van der Waals surface area contributed by atoms with Gasteiger partial charge in [-0.15, -0.1) is 0 Å². The zero-order chi connectivity index (χ0) is 31.9. The quantitative estimate of drug-likeness (QED) is 0.189. The Hall–Kier alpha value is -4.80. The molecular weight excluding hydrogens is 566 g/mol. The van der Waals surface area contributed by atoms with Crippen molar-refractivity contribution in [1.82, 2.24) is 41.4 Å². The molecule has 3 rings (SSSR count). The van der Waals surface area contributed by atoms with Crippen LogP contribution < -0.4 is 37.2 Å². The summed E-state index contributed by atoms with van der Waals surface area (Å²) in [6, 6.07) is 6.71. The predicted octanol–water partition coefficient (Wildman–Crippen LogP) is 0.971. The molecule has 3 heterocycles. The molecule has 1 aliphatic heterocycles. The lowest BCUT2D eigenvalue weighted by Gasteiger charge is -2.28. The van der Waals surface area contributed by atoms with Crippen LogP contribution in [0.4, 0.5) is 21.2 Å². The predicted molar refractivity (Wildman–Crippen MR) is 162 cm³/mol. The monoisotopic (exact) mass is 607 g/mol. The van der Waals surface area contributed by atoms with E-state index in [0.29, 0.717) is 42.8 Å². The van der Waals surface area contributed by atoms with Gasteiger partial charge in [0.25, 0.3) is 0 Å². The van der Waals surface area contributed by atoms with Crippen LogP contribution in [0.1, 0.15) is 51.0 Å². The number of nitrogens with two attached hydrogens (primary N) is 1. The van der Waals surface area contributed by atoms with Crippen molar-refractivity contribution in [3.8, 4) is 12.1 Å². The summed E-state index contributed by atoms with van der Waals surface area (Å²) >= 11 is 0. The van der Waals surface area contributed by atoms with Gasteiger partial charge in [-0.2, -0.15) is 20.5 Å². The van der Waals surface area contributed by atoms with Crippen LogP contribution in [-0.2, 0) is 11.2 Å². The summed E-state index contributed by atoms with van der Waals surface area (Å²) in [6.07, 6.45) is 3.13. The molecule has 0 radical (unpaired) electrons. The maximum absolute atomic E-state index is 12.7. The van der Waals surface area contributed by atoms with E-state index in [-0.39, 0.29) is 43.1 Å². The second-order valence-electron chi connectivity index (χ2n) is 11.0. The highest BCUT2D eigenvalue weighted by molar-refractivity contribution is 5.75. The van der Waals surface area contributed by atoms with Crippen LogP contribution in [0.5, 0.6) is 0 Å². The average Bonchev–Trinajstić information content (AvgIpc) is 3.02. The molecule has 16 nitrogen and oxygen atoms in total. The van der Waals surface area contributed by atoms with Gasteiger partial charge in [-0.3, -0.25) is 10.0 Å². The number of anilines is 2. The van der Waals surface area contributed by atoms with Crippen LogP contribution in [0.2, 0.25) is 0 Å². The smallest absolute Gasteiger partial charge is 0.426 e. The fraction of sp³-hybridized carbons (Fsp3) is 0.571. The standard InChI is InChI=1S/C28H41N13O3/c1-19(2)16-40(39-28(43)44-18-21-4-8-32-9-5-21)26-13-22(35-24(15-31)37-26)12-20(3)17-41(38-27(42)34-11-7-29)25-6-10-33-23(14-30)36-25/h6,10,13,19-21,32H,4-5,7-9,11-12,16-18,29H2,1-3H3,(H,39,43)(H2,34,38,42). The number of ether oxygens (including phenoxy) is 1. The molecule has 2 aromatic heterocycles. The fourth-order valence-electron chi connectivity index (χ4n) is 4.55. The molecule has 0 saturated carbocycles. The molecule has 0 aliphatic carbocycles. The third kappa shape index (κ3) is 11.1. The van der Waals surface area contributed by atoms with E-state index in [1.807, 2.05) is 32.9 Å². The third-order valence-electron chi connectivity index (χ3n) is 6.56. The SMILES string of the molecule is CC(C)CN(NC(=O)OCC1CCNCC1)c1cc(CC(C)CN(NC(=O)NCCN)c2ccnc(C#N)n2)nc(C#N)n1. The molecule has 1 saturated heterocycles. The van der Waals surface area contributed by atoms with Crippen molar-refractivity contribution in [3.63, 3.8) is 0 Å². The first kappa shape index (κ1) is 33.7. The van der Waals surface area contributed by atoms with Crippen LogP contribution in [0.25, 0.3) is 0 Å². The Kier molecular flexibility index (Phi) is 13.3. The van der Waals surface area contributed by atoms with Crippen molar-refractivity contribution in [2.75, 3.05) is 55.9 Å². The van der Waals surface area contributed by atoms with Gasteiger partial charge in [0.2, 0.25) is 11.6 Å². The van der Waals surface area contributed by atoms with Gasteiger partial charge < -0.3 is 21.1 Å². The van der Waals surface area contributed by atoms with Gasteiger partial charge >= 0.3 is 12.1 Å². The topological polar surface area (TPSA) is 223 Å². The third-order valence-corrected chi connectivity index (χ3v) is 6.56. The van der Waals surface area contributed by atoms with Crippen molar-refractivity contribution in [3.05, 3.63) is 35.7 Å². The summed E-state index contributed by atoms with van der Waals surface area (Å²) < 4.78 is 5.51. The number of carbonyl (C=O) groups is 2. The molecule has 0 spiro atoms. The van der Waals surface area contributed by atoms with Gasteiger partial charge in [-0.05, 0) is 50.1 Å². The van der Waals surface area contributed by atoms with Crippen molar-refractivity contribution in [1.29, 1.82) is 10.5 Å². The summed E-state index contributed by atoms with van der Waals surface area (Å²) in [6.45, 7) is 9.32. The molecule has 1 atom stereocenters. The highest BCUT2D eigenvalue weighted by atomic mass is 16.6. The number of piperidine rings is 1. The molecule has 3 amide bonds. The molecule has 2 aromatic rings. The van der Waals surface area contributed by atoms with Gasteiger partial charge in [0.05, 0.1) is 6.61 Å². The van der Waals surface area contributed by atoms with E-state index in [1.54, 1.807) is 17.1 Å². The maximum atomic E-state index is 12.7. The Morgan fingerprint density at radius 3 is 2.45 bits per heavy atom. The molecule has 44 heavy (non-hydrogen) atoms. The van der Waals surface area contributed by atoms with Gasteiger partial charge in [0.1, 0.15) is 12.1 Å². The number of hydrogen-bond donors (Lipinski definition) is 5. The number of hydrogen-bond acceptors (Lipinski definition) is 13. The lowest BCUT2D eigenvalue weighted by molar-refractivity contribution is 0.116. The minimum atomic E-state index is -0.590. The molecule has 6 N–H and O–H groups in total. The maximum Gasteiger partial charge on any atom is 0.426 e. The van der Waals surface area contributed by atoms with Gasteiger partial charge in [0, 0.05) is 50.2 Å². The summed E-state index contributed by atoms with van der Waals surface area (Å²) in [4.78, 5) is 42.0. The van der Waals surface area contributed by atoms with E-state index in [0.717, 1.165) is 25.9 Å². The first-order valence-corrected chi connectivity index (χ1v) is 14.7. The van der Waals surface area contributed by atoms with Crippen LogP contribution in [0.15, 0.2) is 18.3 Å². The molecular formula is C28H41N13O3. The number of carbonyl (C=O) groups excluding carboxylic acids is 2. The van der Waals surface area contributed by atoms with E-state index in [1.165, 1.54) is 11.2 Å². The number of urea groups is 1.